The molecule has 0 radical (unpaired) electrons. The van der Waals surface area contributed by atoms with Gasteiger partial charge in [-0.05, 0) is 79.7 Å². The van der Waals surface area contributed by atoms with Crippen LogP contribution in [0.15, 0.2) is 48.5 Å². The fraction of sp³-hybridized carbons (Fsp3) is 0.412. The van der Waals surface area contributed by atoms with Crippen molar-refractivity contribution in [1.82, 2.24) is 10.6 Å². The molecule has 0 aliphatic rings. The lowest BCUT2D eigenvalue weighted by molar-refractivity contribution is -0.118. The summed E-state index contributed by atoms with van der Waals surface area (Å²) in [5.74, 6) is 8.77. The normalized spacial score (nSPS) is 12.4. The fourth-order valence-electron chi connectivity index (χ4n) is 3.52. The number of nitrogens with one attached hydrogen (secondary N) is 4. The molecule has 0 spiro atoms. The summed E-state index contributed by atoms with van der Waals surface area (Å²) in [6.45, 7) is 13.2. The third kappa shape index (κ3) is 14.8. The Kier molecular flexibility index (Phi) is 13.4. The number of carbonyl (C=O) groups is 4. The largest absolute Gasteiger partial charge is 0.444 e. The highest BCUT2D eigenvalue weighted by molar-refractivity contribution is 7.91. The summed E-state index contributed by atoms with van der Waals surface area (Å²) in [5, 5.41) is 10.3. The maximum atomic E-state index is 12.7. The van der Waals surface area contributed by atoms with Crippen LogP contribution in [0.5, 0.6) is 0 Å². The third-order valence-electron chi connectivity index (χ3n) is 5.65. The first kappa shape index (κ1) is 38.2. The molecular formula is C34H42N4O8S. The molecule has 0 bridgehead atoms. The minimum absolute atomic E-state index is 0.342. The predicted molar refractivity (Wildman–Crippen MR) is 180 cm³/mol. The van der Waals surface area contributed by atoms with Crippen molar-refractivity contribution in [3.05, 3.63) is 59.7 Å². The SMILES string of the molecule is C[C@H](NC(=O)OC(C)(C)C)C(=O)Nc1ccccc1C#CCS(=O)(=O)CC#Cc1ccccc1NC(=O)[C@H](C)NC(=O)OC(C)(C)C. The molecular weight excluding hydrogens is 624 g/mol. The first-order chi connectivity index (χ1) is 21.7. The van der Waals surface area contributed by atoms with Crippen LogP contribution in [0.25, 0.3) is 0 Å². The minimum atomic E-state index is -3.72. The molecule has 0 saturated carbocycles. The first-order valence-corrected chi connectivity index (χ1v) is 16.5. The number of carbonyl (C=O) groups excluding carboxylic acids is 4. The Morgan fingerprint density at radius 3 is 1.34 bits per heavy atom. The molecule has 0 aliphatic heterocycles. The zero-order valence-electron chi connectivity index (χ0n) is 27.9. The van der Waals surface area contributed by atoms with Crippen molar-refractivity contribution < 1.29 is 37.1 Å². The Balaban J connectivity index is 2.03. The third-order valence-corrected chi connectivity index (χ3v) is 6.82. The minimum Gasteiger partial charge on any atom is -0.444 e. The number of anilines is 2. The van der Waals surface area contributed by atoms with Gasteiger partial charge in [0.15, 0.2) is 9.84 Å². The van der Waals surface area contributed by atoms with Crippen LogP contribution in [0.3, 0.4) is 0 Å². The van der Waals surface area contributed by atoms with Crippen molar-refractivity contribution in [1.29, 1.82) is 0 Å². The molecule has 0 saturated heterocycles. The summed E-state index contributed by atoms with van der Waals surface area (Å²) in [5.41, 5.74) is -0.000649. The highest BCUT2D eigenvalue weighted by Gasteiger charge is 2.23. The Bertz CT molecular complexity index is 1580. The van der Waals surface area contributed by atoms with Gasteiger partial charge in [0.1, 0.15) is 34.8 Å². The van der Waals surface area contributed by atoms with Gasteiger partial charge >= 0.3 is 12.2 Å². The zero-order chi connectivity index (χ0) is 35.4. The molecule has 0 unspecified atom stereocenters. The van der Waals surface area contributed by atoms with Gasteiger partial charge in [0, 0.05) is 11.1 Å². The van der Waals surface area contributed by atoms with Gasteiger partial charge in [-0.2, -0.15) is 0 Å². The number of hydrogen-bond acceptors (Lipinski definition) is 8. The van der Waals surface area contributed by atoms with Gasteiger partial charge in [0.25, 0.3) is 0 Å². The van der Waals surface area contributed by atoms with E-state index in [2.05, 4.69) is 44.9 Å². The zero-order valence-corrected chi connectivity index (χ0v) is 28.7. The maximum absolute atomic E-state index is 12.7. The quantitative estimate of drug-likeness (QED) is 0.304. The van der Waals surface area contributed by atoms with Crippen molar-refractivity contribution in [3.63, 3.8) is 0 Å². The van der Waals surface area contributed by atoms with Crippen molar-refractivity contribution in [2.75, 3.05) is 22.1 Å². The van der Waals surface area contributed by atoms with E-state index >= 15 is 0 Å². The second kappa shape index (κ2) is 16.5. The topological polar surface area (TPSA) is 169 Å². The van der Waals surface area contributed by atoms with Crippen LogP contribution in [0.4, 0.5) is 21.0 Å². The lowest BCUT2D eigenvalue weighted by atomic mass is 10.1. The number of hydrogen-bond donors (Lipinski definition) is 4. The maximum Gasteiger partial charge on any atom is 0.408 e. The Morgan fingerprint density at radius 1 is 0.660 bits per heavy atom. The van der Waals surface area contributed by atoms with Crippen molar-refractivity contribution in [2.24, 2.45) is 0 Å². The molecule has 0 aromatic heterocycles. The standard InChI is InChI=1S/C34H42N4O8S/c1-23(35-31(41)45-33(3,4)5)29(39)37-27-19-11-9-15-25(27)17-13-21-47(43,44)22-14-18-26-16-10-12-20-28(26)38-30(40)24(2)36-32(42)46-34(6,7)8/h9-12,15-16,19-20,23-24H,21-22H2,1-8H3,(H,35,41)(H,36,42)(H,37,39)(H,38,40)/t23-,24-/m0/s1. The number of benzene rings is 2. The van der Waals surface area contributed by atoms with E-state index in [1.165, 1.54) is 13.8 Å². The molecule has 12 nitrogen and oxygen atoms in total. The van der Waals surface area contributed by atoms with E-state index in [1.807, 2.05) is 0 Å². The van der Waals surface area contributed by atoms with Crippen LogP contribution in [-0.4, -0.2) is 67.2 Å². The van der Waals surface area contributed by atoms with E-state index < -0.39 is 68.6 Å². The molecule has 2 aromatic rings. The number of ether oxygens (including phenoxy) is 2. The molecule has 47 heavy (non-hydrogen) atoms. The Hall–Kier alpha value is -5.01. The molecule has 0 heterocycles. The average molecular weight is 667 g/mol. The first-order valence-electron chi connectivity index (χ1n) is 14.7. The van der Waals surface area contributed by atoms with Gasteiger partial charge < -0.3 is 30.7 Å². The van der Waals surface area contributed by atoms with Gasteiger partial charge in [-0.15, -0.1) is 0 Å². The second-order valence-electron chi connectivity index (χ2n) is 12.4. The average Bonchev–Trinajstić information content (AvgIpc) is 2.92. The number of sulfone groups is 1. The van der Waals surface area contributed by atoms with Crippen LogP contribution in [0.2, 0.25) is 0 Å². The van der Waals surface area contributed by atoms with Crippen LogP contribution in [0.1, 0.15) is 66.5 Å². The van der Waals surface area contributed by atoms with E-state index in [4.69, 9.17) is 9.47 Å². The summed E-state index contributed by atoms with van der Waals surface area (Å²) in [7, 11) is -3.72. The summed E-state index contributed by atoms with van der Waals surface area (Å²) in [6.07, 6.45) is -1.48. The predicted octanol–water partition coefficient (Wildman–Crippen LogP) is 4.21. The lowest BCUT2D eigenvalue weighted by Gasteiger charge is -2.21. The number of amides is 4. The molecule has 252 valence electrons. The number of alkyl carbamates (subject to hydrolysis) is 2. The Labute approximate surface area is 276 Å². The Morgan fingerprint density at radius 2 is 1.00 bits per heavy atom. The van der Waals surface area contributed by atoms with Gasteiger partial charge in [0.05, 0.1) is 11.4 Å². The fourth-order valence-corrected chi connectivity index (χ4v) is 4.20. The summed E-state index contributed by atoms with van der Waals surface area (Å²) in [6, 6.07) is 11.3. The molecule has 13 heteroatoms. The second-order valence-corrected chi connectivity index (χ2v) is 14.5. The van der Waals surface area contributed by atoms with E-state index in [0.29, 0.717) is 22.5 Å². The van der Waals surface area contributed by atoms with Gasteiger partial charge in [0.2, 0.25) is 11.8 Å². The van der Waals surface area contributed by atoms with Gasteiger partial charge in [-0.25, -0.2) is 18.0 Å². The highest BCUT2D eigenvalue weighted by Crippen LogP contribution is 2.16. The van der Waals surface area contributed by atoms with E-state index in [9.17, 15) is 27.6 Å². The lowest BCUT2D eigenvalue weighted by Crippen LogP contribution is -2.44. The van der Waals surface area contributed by atoms with Gasteiger partial charge in [-0.1, -0.05) is 47.9 Å². The molecule has 2 atom stereocenters. The van der Waals surface area contributed by atoms with Crippen LogP contribution in [0, 0.1) is 23.7 Å². The van der Waals surface area contributed by atoms with Crippen molar-refractivity contribution >= 4 is 45.2 Å². The van der Waals surface area contributed by atoms with Gasteiger partial charge in [-0.3, -0.25) is 9.59 Å². The van der Waals surface area contributed by atoms with Crippen LogP contribution < -0.4 is 21.3 Å². The summed E-state index contributed by atoms with van der Waals surface area (Å²) < 4.78 is 35.7. The number of para-hydroxylation sites is 2. The smallest absolute Gasteiger partial charge is 0.408 e. The van der Waals surface area contributed by atoms with E-state index in [-0.39, 0.29) is 0 Å². The van der Waals surface area contributed by atoms with E-state index in [1.54, 1.807) is 90.1 Å². The van der Waals surface area contributed by atoms with E-state index in [0.717, 1.165) is 0 Å². The van der Waals surface area contributed by atoms with Crippen LogP contribution >= 0.6 is 0 Å². The monoisotopic (exact) mass is 666 g/mol. The molecule has 0 fully saturated rings. The molecule has 2 aromatic carbocycles. The molecule has 4 amide bonds. The number of rotatable bonds is 8. The summed E-state index contributed by atoms with van der Waals surface area (Å²) in [4.78, 5) is 49.3. The highest BCUT2D eigenvalue weighted by atomic mass is 32.2. The van der Waals surface area contributed by atoms with Crippen LogP contribution in [-0.2, 0) is 28.9 Å². The molecule has 0 aliphatic carbocycles. The van der Waals surface area contributed by atoms with Crippen molar-refractivity contribution in [2.45, 2.75) is 78.7 Å². The molecule has 4 N–H and O–H groups in total. The van der Waals surface area contributed by atoms with Crippen molar-refractivity contribution in [3.8, 4) is 23.7 Å². The summed E-state index contributed by atoms with van der Waals surface area (Å²) >= 11 is 0. The molecule has 2 rings (SSSR count).